The molecule has 2 aromatic rings. The summed E-state index contributed by atoms with van der Waals surface area (Å²) in [4.78, 5) is 12.7. The minimum absolute atomic E-state index is 0.0199. The van der Waals surface area contributed by atoms with E-state index in [9.17, 15) is 4.79 Å². The Bertz CT molecular complexity index is 629. The van der Waals surface area contributed by atoms with Crippen LogP contribution in [0.15, 0.2) is 47.4 Å². The summed E-state index contributed by atoms with van der Waals surface area (Å²) in [7, 11) is 0. The number of nitrogens with one attached hydrogen (secondary N) is 1. The minimum atomic E-state index is -0.0199. The van der Waals surface area contributed by atoms with Crippen LogP contribution >= 0.6 is 23.4 Å². The highest BCUT2D eigenvalue weighted by molar-refractivity contribution is 8.00. The predicted molar refractivity (Wildman–Crippen MR) is 89.6 cm³/mol. The van der Waals surface area contributed by atoms with Gasteiger partial charge in [-0.05, 0) is 30.7 Å². The molecule has 2 aromatic carbocycles. The predicted octanol–water partition coefficient (Wildman–Crippen LogP) is 3.64. The van der Waals surface area contributed by atoms with E-state index in [2.05, 4.69) is 5.32 Å². The van der Waals surface area contributed by atoms with Crippen LogP contribution in [0.5, 0.6) is 0 Å². The van der Waals surface area contributed by atoms with Gasteiger partial charge in [0.2, 0.25) is 5.91 Å². The van der Waals surface area contributed by atoms with Crippen LogP contribution in [0.2, 0.25) is 5.02 Å². The van der Waals surface area contributed by atoms with Crippen molar-refractivity contribution in [2.45, 2.75) is 18.4 Å². The van der Waals surface area contributed by atoms with Crippen LogP contribution < -0.4 is 11.1 Å². The van der Waals surface area contributed by atoms with Crippen molar-refractivity contribution >= 4 is 35.0 Å². The number of nitrogen functional groups attached to an aromatic ring is 1. The standard InChI is InChI=1S/C16H17ClN2OS/c1-11-2-4-12(5-3-11)9-19-16(20)10-21-15-7-6-13(18)8-14(15)17/h2-8H,9-10,18H2,1H3,(H,19,20). The highest BCUT2D eigenvalue weighted by Gasteiger charge is 2.06. The second-order valence-electron chi connectivity index (χ2n) is 4.74. The normalized spacial score (nSPS) is 10.4. The Morgan fingerprint density at radius 1 is 1.24 bits per heavy atom. The van der Waals surface area contributed by atoms with Crippen LogP contribution in [0.4, 0.5) is 5.69 Å². The van der Waals surface area contributed by atoms with E-state index in [0.717, 1.165) is 10.5 Å². The molecule has 21 heavy (non-hydrogen) atoms. The number of carbonyl (C=O) groups excluding carboxylic acids is 1. The number of aryl methyl sites for hydroxylation is 1. The quantitative estimate of drug-likeness (QED) is 0.653. The lowest BCUT2D eigenvalue weighted by atomic mass is 10.1. The van der Waals surface area contributed by atoms with E-state index in [-0.39, 0.29) is 5.91 Å². The second kappa shape index (κ2) is 7.38. The number of anilines is 1. The van der Waals surface area contributed by atoms with E-state index in [1.807, 2.05) is 37.3 Å². The van der Waals surface area contributed by atoms with Gasteiger partial charge >= 0.3 is 0 Å². The summed E-state index contributed by atoms with van der Waals surface area (Å²) >= 11 is 7.47. The molecule has 5 heteroatoms. The highest BCUT2D eigenvalue weighted by Crippen LogP contribution is 2.28. The molecule has 0 heterocycles. The van der Waals surface area contributed by atoms with E-state index in [1.54, 1.807) is 12.1 Å². The Labute approximate surface area is 133 Å². The molecular weight excluding hydrogens is 304 g/mol. The minimum Gasteiger partial charge on any atom is -0.399 e. The lowest BCUT2D eigenvalue weighted by Crippen LogP contribution is -2.24. The molecule has 0 unspecified atom stereocenters. The van der Waals surface area contributed by atoms with Crippen LogP contribution in [0.3, 0.4) is 0 Å². The van der Waals surface area contributed by atoms with Crippen molar-refractivity contribution in [3.05, 3.63) is 58.6 Å². The number of carbonyl (C=O) groups is 1. The van der Waals surface area contributed by atoms with E-state index in [0.29, 0.717) is 23.0 Å². The van der Waals surface area contributed by atoms with Crippen LogP contribution in [0.1, 0.15) is 11.1 Å². The molecule has 0 aliphatic carbocycles. The van der Waals surface area contributed by atoms with Gasteiger partial charge in [-0.15, -0.1) is 11.8 Å². The maximum absolute atomic E-state index is 11.8. The van der Waals surface area contributed by atoms with Crippen molar-refractivity contribution < 1.29 is 4.79 Å². The van der Waals surface area contributed by atoms with Gasteiger partial charge in [0.15, 0.2) is 0 Å². The molecule has 0 bridgehead atoms. The maximum Gasteiger partial charge on any atom is 0.230 e. The van der Waals surface area contributed by atoms with Gasteiger partial charge < -0.3 is 11.1 Å². The maximum atomic E-state index is 11.8. The number of thioether (sulfide) groups is 1. The summed E-state index contributed by atoms with van der Waals surface area (Å²) in [6, 6.07) is 13.4. The first-order chi connectivity index (χ1) is 10.0. The van der Waals surface area contributed by atoms with Gasteiger partial charge in [-0.2, -0.15) is 0 Å². The molecule has 0 saturated carbocycles. The average molecular weight is 321 g/mol. The number of nitrogens with two attached hydrogens (primary N) is 1. The third kappa shape index (κ3) is 4.99. The lowest BCUT2D eigenvalue weighted by Gasteiger charge is -2.07. The zero-order valence-corrected chi connectivity index (χ0v) is 13.3. The Hall–Kier alpha value is -1.65. The van der Waals surface area contributed by atoms with Crippen molar-refractivity contribution in [3.63, 3.8) is 0 Å². The van der Waals surface area contributed by atoms with Gasteiger partial charge in [0.05, 0.1) is 10.8 Å². The zero-order chi connectivity index (χ0) is 15.2. The topological polar surface area (TPSA) is 55.1 Å². The second-order valence-corrected chi connectivity index (χ2v) is 6.17. The van der Waals surface area contributed by atoms with Crippen molar-refractivity contribution in [3.8, 4) is 0 Å². The van der Waals surface area contributed by atoms with E-state index >= 15 is 0 Å². The van der Waals surface area contributed by atoms with Crippen molar-refractivity contribution in [1.82, 2.24) is 5.32 Å². The zero-order valence-electron chi connectivity index (χ0n) is 11.7. The Morgan fingerprint density at radius 3 is 2.62 bits per heavy atom. The Kier molecular flexibility index (Phi) is 5.53. The monoisotopic (exact) mass is 320 g/mol. The number of halogens is 1. The van der Waals surface area contributed by atoms with Crippen molar-refractivity contribution in [2.75, 3.05) is 11.5 Å². The molecule has 2 rings (SSSR count). The number of benzene rings is 2. The molecule has 110 valence electrons. The molecule has 0 fully saturated rings. The molecule has 3 nitrogen and oxygen atoms in total. The molecule has 0 radical (unpaired) electrons. The summed E-state index contributed by atoms with van der Waals surface area (Å²) in [6.07, 6.45) is 0. The van der Waals surface area contributed by atoms with Gasteiger partial charge in [-0.3, -0.25) is 4.79 Å². The van der Waals surface area contributed by atoms with Gasteiger partial charge in [0, 0.05) is 17.1 Å². The molecular formula is C16H17ClN2OS. The Morgan fingerprint density at radius 2 is 1.95 bits per heavy atom. The van der Waals surface area contributed by atoms with Gasteiger partial charge in [-0.25, -0.2) is 0 Å². The fourth-order valence-corrected chi connectivity index (χ4v) is 2.84. The number of rotatable bonds is 5. The largest absolute Gasteiger partial charge is 0.399 e. The van der Waals surface area contributed by atoms with E-state index in [1.165, 1.54) is 17.3 Å². The smallest absolute Gasteiger partial charge is 0.230 e. The number of hydrogen-bond acceptors (Lipinski definition) is 3. The first kappa shape index (κ1) is 15.7. The third-order valence-electron chi connectivity index (χ3n) is 2.92. The first-order valence-corrected chi connectivity index (χ1v) is 7.91. The molecule has 0 saturated heterocycles. The van der Waals surface area contributed by atoms with Gasteiger partial charge in [0.1, 0.15) is 0 Å². The van der Waals surface area contributed by atoms with Crippen LogP contribution in [0.25, 0.3) is 0 Å². The third-order valence-corrected chi connectivity index (χ3v) is 4.42. The molecule has 0 spiro atoms. The highest BCUT2D eigenvalue weighted by atomic mass is 35.5. The van der Waals surface area contributed by atoms with E-state index in [4.69, 9.17) is 17.3 Å². The molecule has 1 amide bonds. The molecule has 0 aromatic heterocycles. The van der Waals surface area contributed by atoms with Crippen LogP contribution in [-0.4, -0.2) is 11.7 Å². The molecule has 0 aliphatic rings. The molecule has 3 N–H and O–H groups in total. The molecule has 0 aliphatic heterocycles. The van der Waals surface area contributed by atoms with Crippen molar-refractivity contribution in [2.24, 2.45) is 0 Å². The summed E-state index contributed by atoms with van der Waals surface area (Å²) in [5, 5.41) is 3.47. The van der Waals surface area contributed by atoms with Crippen LogP contribution in [-0.2, 0) is 11.3 Å². The Balaban J connectivity index is 1.80. The summed E-state index contributed by atoms with van der Waals surface area (Å²) in [5.41, 5.74) is 8.55. The average Bonchev–Trinajstić information content (AvgIpc) is 2.46. The number of hydrogen-bond donors (Lipinski definition) is 2. The summed E-state index contributed by atoms with van der Waals surface area (Å²) < 4.78 is 0. The number of amides is 1. The summed E-state index contributed by atoms with van der Waals surface area (Å²) in [5.74, 6) is 0.309. The fraction of sp³-hybridized carbons (Fsp3) is 0.188. The SMILES string of the molecule is Cc1ccc(CNC(=O)CSc2ccc(N)cc2Cl)cc1. The fourth-order valence-electron chi connectivity index (χ4n) is 1.74. The van der Waals surface area contributed by atoms with Crippen molar-refractivity contribution in [1.29, 1.82) is 0 Å². The summed E-state index contributed by atoms with van der Waals surface area (Å²) in [6.45, 7) is 2.57. The van der Waals surface area contributed by atoms with Gasteiger partial charge in [-0.1, -0.05) is 41.4 Å². The first-order valence-electron chi connectivity index (χ1n) is 6.54. The van der Waals surface area contributed by atoms with Gasteiger partial charge in [0.25, 0.3) is 0 Å². The molecule has 0 atom stereocenters. The van der Waals surface area contributed by atoms with E-state index < -0.39 is 0 Å². The van der Waals surface area contributed by atoms with Crippen LogP contribution in [0, 0.1) is 6.92 Å². The lowest BCUT2D eigenvalue weighted by molar-refractivity contribution is -0.118.